The second kappa shape index (κ2) is 6.48. The zero-order chi connectivity index (χ0) is 17.6. The van der Waals surface area contributed by atoms with E-state index in [1.807, 2.05) is 0 Å². The van der Waals surface area contributed by atoms with E-state index in [0.29, 0.717) is 22.0 Å². The predicted molar refractivity (Wildman–Crippen MR) is 97.3 cm³/mol. The summed E-state index contributed by atoms with van der Waals surface area (Å²) in [6.07, 6.45) is 8.10. The lowest BCUT2D eigenvalue weighted by atomic mass is 9.49. The summed E-state index contributed by atoms with van der Waals surface area (Å²) >= 11 is 11.8. The van der Waals surface area contributed by atoms with E-state index in [1.165, 1.54) is 44.6 Å². The summed E-state index contributed by atoms with van der Waals surface area (Å²) in [6.45, 7) is 0. The first-order valence-electron chi connectivity index (χ1n) is 8.97. The normalized spacial score (nSPS) is 32.5. The zero-order valence-corrected chi connectivity index (χ0v) is 15.5. The molecular formula is C19H22Cl2N2O2. The van der Waals surface area contributed by atoms with Crippen LogP contribution >= 0.6 is 23.2 Å². The first kappa shape index (κ1) is 17.2. The Morgan fingerprint density at radius 2 is 1.56 bits per heavy atom. The van der Waals surface area contributed by atoms with Crippen LogP contribution in [0.25, 0.3) is 0 Å². The number of benzene rings is 1. The molecule has 1 aromatic rings. The van der Waals surface area contributed by atoms with E-state index in [1.54, 1.807) is 12.1 Å². The molecular weight excluding hydrogens is 359 g/mol. The van der Waals surface area contributed by atoms with E-state index in [4.69, 9.17) is 23.2 Å². The monoisotopic (exact) mass is 380 g/mol. The lowest BCUT2D eigenvalue weighted by Gasteiger charge is -2.56. The molecule has 4 fully saturated rings. The molecule has 0 unspecified atom stereocenters. The van der Waals surface area contributed by atoms with Crippen LogP contribution in [0.5, 0.6) is 0 Å². The van der Waals surface area contributed by atoms with Gasteiger partial charge in [0.1, 0.15) is 0 Å². The van der Waals surface area contributed by atoms with Gasteiger partial charge in [-0.1, -0.05) is 23.2 Å². The lowest BCUT2D eigenvalue weighted by molar-refractivity contribution is -0.130. The Morgan fingerprint density at radius 3 is 2.12 bits per heavy atom. The smallest absolute Gasteiger partial charge is 0.269 e. The molecule has 0 aromatic heterocycles. The highest BCUT2D eigenvalue weighted by molar-refractivity contribution is 6.42. The number of amides is 2. The molecule has 2 N–H and O–H groups in total. The third-order valence-electron chi connectivity index (χ3n) is 6.20. The van der Waals surface area contributed by atoms with Gasteiger partial charge in [0.15, 0.2) is 0 Å². The molecule has 0 saturated heterocycles. The Hall–Kier alpha value is -1.26. The Labute approximate surface area is 157 Å². The quantitative estimate of drug-likeness (QED) is 0.765. The van der Waals surface area contributed by atoms with Gasteiger partial charge in [0.25, 0.3) is 5.91 Å². The largest absolute Gasteiger partial charge is 0.273 e. The Morgan fingerprint density at radius 1 is 0.960 bits per heavy atom. The summed E-state index contributed by atoms with van der Waals surface area (Å²) in [5, 5.41) is 0.707. The number of rotatable bonds is 3. The van der Waals surface area contributed by atoms with Crippen LogP contribution in [0.4, 0.5) is 0 Å². The van der Waals surface area contributed by atoms with E-state index in [-0.39, 0.29) is 11.3 Å². The molecule has 0 spiro atoms. The third-order valence-corrected chi connectivity index (χ3v) is 6.94. The number of halogens is 2. The van der Waals surface area contributed by atoms with E-state index in [0.717, 1.165) is 17.8 Å². The molecule has 2 amide bonds. The van der Waals surface area contributed by atoms with Gasteiger partial charge in [0.05, 0.1) is 10.0 Å². The summed E-state index contributed by atoms with van der Waals surface area (Å²) in [6, 6.07) is 4.63. The van der Waals surface area contributed by atoms with Crippen molar-refractivity contribution in [2.75, 3.05) is 0 Å². The van der Waals surface area contributed by atoms with Crippen molar-refractivity contribution < 1.29 is 9.59 Å². The minimum absolute atomic E-state index is 0.102. The molecule has 4 nitrogen and oxygen atoms in total. The minimum atomic E-state index is -0.391. The fraction of sp³-hybridized carbons (Fsp3) is 0.579. The molecule has 4 aliphatic carbocycles. The van der Waals surface area contributed by atoms with Crippen molar-refractivity contribution in [3.8, 4) is 0 Å². The minimum Gasteiger partial charge on any atom is -0.273 e. The van der Waals surface area contributed by atoms with E-state index < -0.39 is 5.91 Å². The highest BCUT2D eigenvalue weighted by atomic mass is 35.5. The molecule has 0 heterocycles. The number of carbonyl (C=O) groups excluding carboxylic acids is 2. The van der Waals surface area contributed by atoms with Crippen molar-refractivity contribution in [2.24, 2.45) is 23.2 Å². The van der Waals surface area contributed by atoms with Crippen LogP contribution in [0.1, 0.15) is 55.3 Å². The van der Waals surface area contributed by atoms with Gasteiger partial charge in [-0.2, -0.15) is 0 Å². The van der Waals surface area contributed by atoms with Crippen LogP contribution in [0, 0.1) is 23.2 Å². The Bertz CT molecular complexity index is 684. The molecule has 134 valence electrons. The topological polar surface area (TPSA) is 58.2 Å². The molecule has 0 aliphatic heterocycles. The fourth-order valence-corrected chi connectivity index (χ4v) is 6.03. The maximum absolute atomic E-state index is 12.4. The van der Waals surface area contributed by atoms with Crippen LogP contribution in [-0.4, -0.2) is 11.8 Å². The molecule has 0 radical (unpaired) electrons. The van der Waals surface area contributed by atoms with Crippen LogP contribution in [0.3, 0.4) is 0 Å². The van der Waals surface area contributed by atoms with Gasteiger partial charge in [0.2, 0.25) is 5.91 Å². The van der Waals surface area contributed by atoms with Gasteiger partial charge in [-0.05, 0) is 79.9 Å². The lowest BCUT2D eigenvalue weighted by Crippen LogP contribution is -2.50. The molecule has 4 bridgehead atoms. The number of hydrogen-bond donors (Lipinski definition) is 2. The second-order valence-corrected chi connectivity index (χ2v) is 9.04. The highest BCUT2D eigenvalue weighted by Gasteiger charge is 2.51. The summed E-state index contributed by atoms with van der Waals surface area (Å²) in [7, 11) is 0. The molecule has 1 aromatic carbocycles. The second-order valence-electron chi connectivity index (χ2n) is 8.23. The van der Waals surface area contributed by atoms with Gasteiger partial charge in [0, 0.05) is 12.0 Å². The van der Waals surface area contributed by atoms with Crippen molar-refractivity contribution >= 4 is 35.0 Å². The Balaban J connectivity index is 1.33. The van der Waals surface area contributed by atoms with Gasteiger partial charge in [-0.25, -0.2) is 0 Å². The third kappa shape index (κ3) is 3.52. The van der Waals surface area contributed by atoms with Crippen LogP contribution < -0.4 is 10.9 Å². The molecule has 4 aliphatic rings. The maximum Gasteiger partial charge on any atom is 0.269 e. The number of hydrogen-bond acceptors (Lipinski definition) is 2. The van der Waals surface area contributed by atoms with Crippen molar-refractivity contribution in [3.05, 3.63) is 33.8 Å². The zero-order valence-electron chi connectivity index (χ0n) is 14.0. The summed E-state index contributed by atoms with van der Waals surface area (Å²) in [4.78, 5) is 24.6. The molecule has 5 rings (SSSR count). The Kier molecular flexibility index (Phi) is 4.45. The fourth-order valence-electron chi connectivity index (χ4n) is 5.73. The van der Waals surface area contributed by atoms with Crippen molar-refractivity contribution in [3.63, 3.8) is 0 Å². The standard InChI is InChI=1S/C19H22Cl2N2O2/c20-15-2-1-14(6-16(15)21)18(25)23-22-17(24)10-19-7-11-3-12(8-19)5-13(4-11)9-19/h1-2,6,11-13H,3-5,7-10H2,(H,22,24)(H,23,25). The van der Waals surface area contributed by atoms with Gasteiger partial charge < -0.3 is 0 Å². The van der Waals surface area contributed by atoms with Crippen molar-refractivity contribution in [1.29, 1.82) is 0 Å². The molecule has 25 heavy (non-hydrogen) atoms. The summed E-state index contributed by atoms with van der Waals surface area (Å²) < 4.78 is 0. The highest BCUT2D eigenvalue weighted by Crippen LogP contribution is 2.61. The summed E-state index contributed by atoms with van der Waals surface area (Å²) in [5.41, 5.74) is 5.59. The molecule has 6 heteroatoms. The van der Waals surface area contributed by atoms with E-state index in [2.05, 4.69) is 10.9 Å². The number of hydrazine groups is 1. The predicted octanol–water partition coefficient (Wildman–Crippen LogP) is 4.36. The average molecular weight is 381 g/mol. The van der Waals surface area contributed by atoms with Gasteiger partial charge >= 0.3 is 0 Å². The van der Waals surface area contributed by atoms with Crippen molar-refractivity contribution in [1.82, 2.24) is 10.9 Å². The SMILES string of the molecule is O=C(CC12CC3CC(CC(C3)C1)C2)NNC(=O)c1ccc(Cl)c(Cl)c1. The maximum atomic E-state index is 12.4. The van der Waals surface area contributed by atoms with E-state index >= 15 is 0 Å². The number of carbonyl (C=O) groups is 2. The van der Waals surface area contributed by atoms with Gasteiger partial charge in [-0.3, -0.25) is 20.4 Å². The van der Waals surface area contributed by atoms with Crippen LogP contribution in [0.2, 0.25) is 10.0 Å². The first-order valence-corrected chi connectivity index (χ1v) is 9.72. The first-order chi connectivity index (χ1) is 11.9. The van der Waals surface area contributed by atoms with Crippen LogP contribution in [-0.2, 0) is 4.79 Å². The summed E-state index contributed by atoms with van der Waals surface area (Å²) in [5.74, 6) is 1.94. The molecule has 4 saturated carbocycles. The number of nitrogens with one attached hydrogen (secondary N) is 2. The van der Waals surface area contributed by atoms with Gasteiger partial charge in [-0.15, -0.1) is 0 Å². The van der Waals surface area contributed by atoms with E-state index in [9.17, 15) is 9.59 Å². The average Bonchev–Trinajstić information content (AvgIpc) is 2.53. The van der Waals surface area contributed by atoms with Crippen LogP contribution in [0.15, 0.2) is 18.2 Å². The van der Waals surface area contributed by atoms with Crippen molar-refractivity contribution in [2.45, 2.75) is 44.9 Å². The molecule has 0 atom stereocenters.